The molecule has 0 fully saturated rings. The third-order valence-electron chi connectivity index (χ3n) is 7.67. The van der Waals surface area contributed by atoms with Gasteiger partial charge in [-0.05, 0) is 70.9 Å². The number of thiazole rings is 1. The first-order valence-corrected chi connectivity index (χ1v) is 15.4. The Kier molecular flexibility index (Phi) is 8.31. The molecule has 224 valence electrons. The molecule has 4 heterocycles. The number of esters is 2. The van der Waals surface area contributed by atoms with Gasteiger partial charge in [-0.25, -0.2) is 14.6 Å². The van der Waals surface area contributed by atoms with E-state index in [2.05, 4.69) is 4.99 Å². The quantitative estimate of drug-likeness (QED) is 0.279. The minimum absolute atomic E-state index is 0.190. The Labute approximate surface area is 257 Å². The van der Waals surface area contributed by atoms with Gasteiger partial charge in [0.2, 0.25) is 0 Å². The molecule has 0 amide bonds. The molecule has 43 heavy (non-hydrogen) atoms. The molecule has 0 radical (unpaired) electrons. The standard InChI is InChI=1S/C32H33N3O6S2/c1-9-41-31(38)26-18(4)33-32-35(27(26)22-12-10-11-13-23(22)39-7)28(36)24(43-32)15-21-14-16(2)34(19(21)5)29-25(30(37)40-8)17(3)20(6)42-29/h10-15,27H,9H2,1-8H3/b24-15-/t27-/m0/s1. The largest absolute Gasteiger partial charge is 0.496 e. The van der Waals surface area contributed by atoms with Gasteiger partial charge >= 0.3 is 11.9 Å². The van der Waals surface area contributed by atoms with Crippen molar-refractivity contribution in [1.82, 2.24) is 9.13 Å². The molecular formula is C32H33N3O6S2. The number of rotatable bonds is 7. The summed E-state index contributed by atoms with van der Waals surface area (Å²) in [5, 5.41) is 0.781. The van der Waals surface area contributed by atoms with Crippen molar-refractivity contribution in [3.8, 4) is 10.8 Å². The highest BCUT2D eigenvalue weighted by Gasteiger charge is 2.35. The average Bonchev–Trinajstić information content (AvgIpc) is 3.56. The van der Waals surface area contributed by atoms with E-state index in [-0.39, 0.29) is 18.1 Å². The van der Waals surface area contributed by atoms with Crippen LogP contribution in [0.4, 0.5) is 0 Å². The van der Waals surface area contributed by atoms with E-state index in [1.807, 2.05) is 62.6 Å². The van der Waals surface area contributed by atoms with Crippen LogP contribution in [0.25, 0.3) is 11.1 Å². The van der Waals surface area contributed by atoms with Crippen LogP contribution in [-0.2, 0) is 14.3 Å². The van der Waals surface area contributed by atoms with Gasteiger partial charge in [0.05, 0.1) is 42.2 Å². The highest BCUT2D eigenvalue weighted by atomic mass is 32.1. The fraction of sp³-hybridized carbons (Fsp3) is 0.312. The van der Waals surface area contributed by atoms with Crippen molar-refractivity contribution in [2.75, 3.05) is 20.8 Å². The van der Waals surface area contributed by atoms with E-state index in [0.29, 0.717) is 37.5 Å². The molecule has 9 nitrogen and oxygen atoms in total. The molecule has 1 aliphatic rings. The van der Waals surface area contributed by atoms with Crippen molar-refractivity contribution in [3.05, 3.63) is 99.8 Å². The number of carbonyl (C=O) groups is 2. The first kappa shape index (κ1) is 30.2. The van der Waals surface area contributed by atoms with Crippen LogP contribution in [0.3, 0.4) is 0 Å². The average molecular weight is 620 g/mol. The summed E-state index contributed by atoms with van der Waals surface area (Å²) in [6, 6.07) is 8.54. The van der Waals surface area contributed by atoms with Crippen molar-refractivity contribution in [1.29, 1.82) is 0 Å². The van der Waals surface area contributed by atoms with Crippen molar-refractivity contribution in [3.63, 3.8) is 0 Å². The maximum absolute atomic E-state index is 14.1. The van der Waals surface area contributed by atoms with Gasteiger partial charge in [-0.3, -0.25) is 9.36 Å². The number of nitrogens with zero attached hydrogens (tertiary/aromatic N) is 3. The number of ether oxygens (including phenoxy) is 3. The normalized spacial score (nSPS) is 14.9. The molecule has 0 N–H and O–H groups in total. The number of aromatic nitrogens is 2. The Bertz CT molecular complexity index is 1990. The van der Waals surface area contributed by atoms with Crippen LogP contribution in [0.5, 0.6) is 5.75 Å². The molecule has 0 aliphatic carbocycles. The number of benzene rings is 1. The number of hydrogen-bond donors (Lipinski definition) is 0. The second-order valence-electron chi connectivity index (χ2n) is 10.2. The fourth-order valence-electron chi connectivity index (χ4n) is 5.47. The summed E-state index contributed by atoms with van der Waals surface area (Å²) < 4.78 is 20.2. The predicted molar refractivity (Wildman–Crippen MR) is 167 cm³/mol. The van der Waals surface area contributed by atoms with Gasteiger partial charge in [0, 0.05) is 21.8 Å². The zero-order chi connectivity index (χ0) is 31.2. The molecule has 0 unspecified atom stereocenters. The van der Waals surface area contributed by atoms with Crippen LogP contribution in [0.2, 0.25) is 0 Å². The number of thiophene rings is 1. The van der Waals surface area contributed by atoms with Gasteiger partial charge < -0.3 is 18.8 Å². The lowest BCUT2D eigenvalue weighted by Crippen LogP contribution is -2.40. The van der Waals surface area contributed by atoms with Crippen LogP contribution in [0.1, 0.15) is 63.2 Å². The van der Waals surface area contributed by atoms with Crippen molar-refractivity contribution in [2.24, 2.45) is 4.99 Å². The van der Waals surface area contributed by atoms with Crippen molar-refractivity contribution in [2.45, 2.75) is 47.6 Å². The summed E-state index contributed by atoms with van der Waals surface area (Å²) in [6.07, 6.45) is 1.84. The Balaban J connectivity index is 1.72. The predicted octanol–water partition coefficient (Wildman–Crippen LogP) is 4.68. The van der Waals surface area contributed by atoms with E-state index in [0.717, 1.165) is 32.4 Å². The third kappa shape index (κ3) is 5.06. The van der Waals surface area contributed by atoms with E-state index in [4.69, 9.17) is 14.2 Å². The molecule has 0 saturated carbocycles. The second kappa shape index (κ2) is 11.8. The van der Waals surface area contributed by atoms with Crippen LogP contribution in [0.15, 0.2) is 51.4 Å². The van der Waals surface area contributed by atoms with Gasteiger partial charge in [-0.15, -0.1) is 11.3 Å². The van der Waals surface area contributed by atoms with Gasteiger partial charge in [-0.2, -0.15) is 0 Å². The number of para-hydroxylation sites is 1. The van der Waals surface area contributed by atoms with Gasteiger partial charge in [0.15, 0.2) is 4.80 Å². The number of aryl methyl sites for hydroxylation is 2. The zero-order valence-electron chi connectivity index (χ0n) is 25.4. The molecule has 0 bridgehead atoms. The maximum atomic E-state index is 14.1. The summed E-state index contributed by atoms with van der Waals surface area (Å²) in [6.45, 7) is 11.5. The van der Waals surface area contributed by atoms with E-state index in [1.165, 1.54) is 29.8 Å². The molecule has 1 atom stereocenters. The molecule has 4 aromatic rings. The maximum Gasteiger partial charge on any atom is 0.341 e. The SMILES string of the molecule is CCOC(=O)C1=C(C)N=c2s/c(=C\c3cc(C)n(-c4sc(C)c(C)c4C(=O)OC)c3C)c(=O)n2[C@H]1c1ccccc1OC. The lowest BCUT2D eigenvalue weighted by molar-refractivity contribution is -0.139. The van der Waals surface area contributed by atoms with Crippen LogP contribution in [-0.4, -0.2) is 41.9 Å². The summed E-state index contributed by atoms with van der Waals surface area (Å²) in [7, 11) is 2.94. The zero-order valence-corrected chi connectivity index (χ0v) is 27.0. The Morgan fingerprint density at radius 3 is 2.44 bits per heavy atom. The van der Waals surface area contributed by atoms with E-state index in [9.17, 15) is 14.4 Å². The summed E-state index contributed by atoms with van der Waals surface area (Å²) in [5.74, 6) is -0.367. The molecule has 0 spiro atoms. The van der Waals surface area contributed by atoms with Crippen molar-refractivity contribution < 1.29 is 23.8 Å². The third-order valence-corrected chi connectivity index (χ3v) is 9.84. The minimum Gasteiger partial charge on any atom is -0.496 e. The van der Waals surface area contributed by atoms with E-state index < -0.39 is 12.0 Å². The fourth-order valence-corrected chi connectivity index (χ4v) is 7.77. The van der Waals surface area contributed by atoms with Crippen LogP contribution < -0.4 is 19.6 Å². The minimum atomic E-state index is -0.777. The Morgan fingerprint density at radius 2 is 1.77 bits per heavy atom. The van der Waals surface area contributed by atoms with Crippen LogP contribution >= 0.6 is 22.7 Å². The van der Waals surface area contributed by atoms with Gasteiger partial charge in [-0.1, -0.05) is 29.5 Å². The first-order chi connectivity index (χ1) is 20.5. The lowest BCUT2D eigenvalue weighted by atomic mass is 9.95. The van der Waals surface area contributed by atoms with Gasteiger partial charge in [0.1, 0.15) is 16.8 Å². The number of hydrogen-bond acceptors (Lipinski definition) is 9. The Hall–Kier alpha value is -4.22. The number of methoxy groups -OCH3 is 2. The van der Waals surface area contributed by atoms with Crippen LogP contribution in [0, 0.1) is 27.7 Å². The molecular weight excluding hydrogens is 587 g/mol. The highest BCUT2D eigenvalue weighted by molar-refractivity contribution is 7.15. The molecule has 1 aromatic carbocycles. The van der Waals surface area contributed by atoms with E-state index in [1.54, 1.807) is 31.6 Å². The van der Waals surface area contributed by atoms with E-state index >= 15 is 0 Å². The summed E-state index contributed by atoms with van der Waals surface area (Å²) in [4.78, 5) is 46.3. The molecule has 11 heteroatoms. The monoisotopic (exact) mass is 619 g/mol. The topological polar surface area (TPSA) is 101 Å². The molecule has 1 aliphatic heterocycles. The first-order valence-electron chi connectivity index (χ1n) is 13.7. The number of fused-ring (bicyclic) bond motifs is 1. The summed E-state index contributed by atoms with van der Waals surface area (Å²) in [5.41, 5.74) is 5.20. The van der Waals surface area contributed by atoms with Crippen molar-refractivity contribution >= 4 is 40.7 Å². The highest BCUT2D eigenvalue weighted by Crippen LogP contribution is 2.36. The Morgan fingerprint density at radius 1 is 1.05 bits per heavy atom. The lowest BCUT2D eigenvalue weighted by Gasteiger charge is -2.25. The van der Waals surface area contributed by atoms with Gasteiger partial charge in [0.25, 0.3) is 5.56 Å². The molecule has 5 rings (SSSR count). The smallest absolute Gasteiger partial charge is 0.341 e. The number of allylic oxidation sites excluding steroid dienone is 1. The molecule has 0 saturated heterocycles. The molecule has 3 aromatic heterocycles. The second-order valence-corrected chi connectivity index (χ2v) is 12.4. The summed E-state index contributed by atoms with van der Waals surface area (Å²) >= 11 is 2.79. The number of carbonyl (C=O) groups excluding carboxylic acids is 2.